The Labute approximate surface area is 112 Å². The van der Waals surface area contributed by atoms with Crippen molar-refractivity contribution in [1.82, 2.24) is 0 Å². The van der Waals surface area contributed by atoms with Gasteiger partial charge in [0, 0.05) is 0 Å². The molecule has 0 amide bonds. The van der Waals surface area contributed by atoms with E-state index < -0.39 is 11.7 Å². The summed E-state index contributed by atoms with van der Waals surface area (Å²) in [5.74, 6) is -0.159. The van der Waals surface area contributed by atoms with Crippen molar-refractivity contribution in [2.75, 3.05) is 0 Å². The number of hydrogen-bond donors (Lipinski definition) is 0. The van der Waals surface area contributed by atoms with Crippen LogP contribution < -0.4 is 0 Å². The molecule has 0 radical (unpaired) electrons. The summed E-state index contributed by atoms with van der Waals surface area (Å²) in [5.41, 5.74) is -0.335. The normalized spacial score (nSPS) is 17.4. The minimum atomic E-state index is -0.483. The molecule has 2 atom stereocenters. The van der Waals surface area contributed by atoms with Crippen LogP contribution in [0.15, 0.2) is 0 Å². The highest BCUT2D eigenvalue weighted by Gasteiger charge is 2.37. The lowest BCUT2D eigenvalue weighted by atomic mass is 9.73. The molecule has 0 heterocycles. The topological polar surface area (TPSA) is 35.5 Å². The first-order valence-corrected chi connectivity index (χ1v) is 6.87. The van der Waals surface area contributed by atoms with E-state index >= 15 is 0 Å². The van der Waals surface area contributed by atoms with Gasteiger partial charge in [0.2, 0.25) is 0 Å². The van der Waals surface area contributed by atoms with Crippen LogP contribution in [-0.4, -0.2) is 18.4 Å². The van der Waals surface area contributed by atoms with E-state index in [0.29, 0.717) is 0 Å². The highest BCUT2D eigenvalue weighted by atomic mass is 16.7. The molecule has 0 fully saturated rings. The minimum absolute atomic E-state index is 0.0586. The van der Waals surface area contributed by atoms with Gasteiger partial charge in [-0.3, -0.25) is 4.79 Å². The highest BCUT2D eigenvalue weighted by Crippen LogP contribution is 2.37. The van der Waals surface area contributed by atoms with E-state index in [1.165, 1.54) is 0 Å². The first kappa shape index (κ1) is 17.4. The Bertz CT molecular complexity index is 265. The summed E-state index contributed by atoms with van der Waals surface area (Å²) in [4.78, 5) is 12.3. The fourth-order valence-electron chi connectivity index (χ4n) is 2.22. The van der Waals surface area contributed by atoms with Gasteiger partial charge in [-0.1, -0.05) is 27.7 Å². The van der Waals surface area contributed by atoms with E-state index in [4.69, 9.17) is 9.47 Å². The van der Waals surface area contributed by atoms with Gasteiger partial charge in [0.1, 0.15) is 0 Å². The smallest absolute Gasteiger partial charge is 0.314 e. The van der Waals surface area contributed by atoms with Crippen molar-refractivity contribution in [3.63, 3.8) is 0 Å². The van der Waals surface area contributed by atoms with Crippen molar-refractivity contribution >= 4 is 5.97 Å². The lowest BCUT2D eigenvalue weighted by molar-refractivity contribution is -0.193. The largest absolute Gasteiger partial charge is 0.436 e. The fraction of sp³-hybridized carbons (Fsp3) is 0.933. The van der Waals surface area contributed by atoms with Crippen LogP contribution in [-0.2, 0) is 14.3 Å². The zero-order valence-electron chi connectivity index (χ0n) is 13.3. The van der Waals surface area contributed by atoms with Gasteiger partial charge in [-0.15, -0.1) is 0 Å². The van der Waals surface area contributed by atoms with Crippen molar-refractivity contribution in [2.24, 2.45) is 10.8 Å². The van der Waals surface area contributed by atoms with Crippen LogP contribution in [0, 0.1) is 10.8 Å². The van der Waals surface area contributed by atoms with Crippen molar-refractivity contribution in [3.8, 4) is 0 Å². The molecule has 18 heavy (non-hydrogen) atoms. The van der Waals surface area contributed by atoms with Crippen LogP contribution in [0.2, 0.25) is 0 Å². The molecule has 0 aliphatic carbocycles. The summed E-state index contributed by atoms with van der Waals surface area (Å²) < 4.78 is 10.8. The van der Waals surface area contributed by atoms with Crippen LogP contribution in [0.25, 0.3) is 0 Å². The first-order chi connectivity index (χ1) is 8.00. The fourth-order valence-corrected chi connectivity index (χ4v) is 2.22. The maximum Gasteiger partial charge on any atom is 0.314 e. The Balaban J connectivity index is 4.61. The molecule has 3 nitrogen and oxygen atoms in total. The molecular weight excluding hydrogens is 228 g/mol. The zero-order valence-corrected chi connectivity index (χ0v) is 13.3. The number of carbonyl (C=O) groups is 1. The van der Waals surface area contributed by atoms with E-state index in [1.54, 1.807) is 6.92 Å². The van der Waals surface area contributed by atoms with Crippen LogP contribution >= 0.6 is 0 Å². The Hall–Kier alpha value is -0.570. The Morgan fingerprint density at radius 1 is 1.11 bits per heavy atom. The van der Waals surface area contributed by atoms with E-state index in [1.807, 2.05) is 27.7 Å². The summed E-state index contributed by atoms with van der Waals surface area (Å²) >= 11 is 0. The molecule has 0 N–H and O–H groups in total. The first-order valence-electron chi connectivity index (χ1n) is 6.87. The number of carbonyl (C=O) groups excluding carboxylic acids is 1. The summed E-state index contributed by atoms with van der Waals surface area (Å²) in [6.07, 6.45) is 1.16. The maximum absolute atomic E-state index is 12.3. The molecule has 0 aliphatic heterocycles. The second-order valence-corrected chi connectivity index (χ2v) is 6.81. The number of esters is 1. The second kappa shape index (κ2) is 6.55. The van der Waals surface area contributed by atoms with Crippen molar-refractivity contribution in [3.05, 3.63) is 0 Å². The standard InChI is InChI=1S/C15H30O3/c1-9-15(8,10-14(5,6)7)13(16)18-12(4)17-11(2)3/h11-12H,9-10H2,1-8H3. The van der Waals surface area contributed by atoms with Gasteiger partial charge < -0.3 is 9.47 Å². The predicted molar refractivity (Wildman–Crippen MR) is 74.2 cm³/mol. The third-order valence-corrected chi connectivity index (χ3v) is 2.93. The van der Waals surface area contributed by atoms with E-state index in [9.17, 15) is 4.79 Å². The SMILES string of the molecule is CCC(C)(CC(C)(C)C)C(=O)OC(C)OC(C)C. The summed E-state index contributed by atoms with van der Waals surface area (Å²) in [5, 5.41) is 0. The quantitative estimate of drug-likeness (QED) is 0.530. The van der Waals surface area contributed by atoms with Crippen LogP contribution in [0.1, 0.15) is 68.2 Å². The Morgan fingerprint density at radius 3 is 1.94 bits per heavy atom. The van der Waals surface area contributed by atoms with Crippen molar-refractivity contribution in [1.29, 1.82) is 0 Å². The molecule has 3 heteroatoms. The van der Waals surface area contributed by atoms with Crippen molar-refractivity contribution < 1.29 is 14.3 Å². The lowest BCUT2D eigenvalue weighted by Gasteiger charge is -2.33. The average Bonchev–Trinajstić information content (AvgIpc) is 2.13. The minimum Gasteiger partial charge on any atom is -0.436 e. The van der Waals surface area contributed by atoms with E-state index in [-0.39, 0.29) is 17.5 Å². The van der Waals surface area contributed by atoms with Gasteiger partial charge in [0.15, 0.2) is 6.29 Å². The molecule has 0 rings (SSSR count). The third kappa shape index (κ3) is 6.39. The molecule has 0 aromatic rings. The number of hydrogen-bond acceptors (Lipinski definition) is 3. The molecule has 108 valence electrons. The molecular formula is C15H30O3. The maximum atomic E-state index is 12.3. The molecule has 0 aromatic heterocycles. The summed E-state index contributed by atoms with van der Waals surface area (Å²) in [7, 11) is 0. The van der Waals surface area contributed by atoms with Gasteiger partial charge in [0.05, 0.1) is 11.5 Å². The van der Waals surface area contributed by atoms with Gasteiger partial charge >= 0.3 is 5.97 Å². The number of ether oxygens (including phenoxy) is 2. The van der Waals surface area contributed by atoms with Crippen LogP contribution in [0.3, 0.4) is 0 Å². The van der Waals surface area contributed by atoms with Crippen molar-refractivity contribution in [2.45, 2.75) is 80.6 Å². The van der Waals surface area contributed by atoms with Gasteiger partial charge in [-0.2, -0.15) is 0 Å². The van der Waals surface area contributed by atoms with Gasteiger partial charge in [0.25, 0.3) is 0 Å². The molecule has 0 saturated heterocycles. The lowest BCUT2D eigenvalue weighted by Crippen LogP contribution is -2.36. The molecule has 2 unspecified atom stereocenters. The van der Waals surface area contributed by atoms with E-state index in [2.05, 4.69) is 20.8 Å². The van der Waals surface area contributed by atoms with Crippen LogP contribution in [0.4, 0.5) is 0 Å². The van der Waals surface area contributed by atoms with Crippen LogP contribution in [0.5, 0.6) is 0 Å². The molecule has 0 bridgehead atoms. The Kier molecular flexibility index (Phi) is 6.35. The molecule has 0 aromatic carbocycles. The van der Waals surface area contributed by atoms with Gasteiger partial charge in [-0.25, -0.2) is 0 Å². The predicted octanol–water partition coefficient (Wildman–Crippen LogP) is 4.15. The van der Waals surface area contributed by atoms with Gasteiger partial charge in [-0.05, 0) is 46.0 Å². The zero-order chi connectivity index (χ0) is 14.6. The highest BCUT2D eigenvalue weighted by molar-refractivity contribution is 5.76. The molecule has 0 aliphatic rings. The number of rotatable bonds is 6. The molecule has 0 saturated carbocycles. The Morgan fingerprint density at radius 2 is 1.61 bits per heavy atom. The summed E-state index contributed by atoms with van der Waals surface area (Å²) in [6, 6.07) is 0. The average molecular weight is 258 g/mol. The second-order valence-electron chi connectivity index (χ2n) is 6.81. The monoisotopic (exact) mass is 258 g/mol. The summed E-state index contributed by atoms with van der Waals surface area (Å²) in [6.45, 7) is 16.1. The van der Waals surface area contributed by atoms with E-state index in [0.717, 1.165) is 12.8 Å². The molecule has 0 spiro atoms. The third-order valence-electron chi connectivity index (χ3n) is 2.93.